The summed E-state index contributed by atoms with van der Waals surface area (Å²) in [6.45, 7) is 0. The molecule has 0 atom stereocenters. The largest absolute Gasteiger partial charge is 1.00 e. The number of rotatable bonds is 15. The number of benzene rings is 10. The first-order chi connectivity index (χ1) is 45.6. The number of azo groups is 4. The summed E-state index contributed by atoms with van der Waals surface area (Å²) in [6.07, 6.45) is 2.64. The molecule has 508 valence electrons. The van der Waals surface area contributed by atoms with Gasteiger partial charge in [-0.2, -0.15) is 61.5 Å². The van der Waals surface area contributed by atoms with Gasteiger partial charge >= 0.3 is 268 Å². The summed E-state index contributed by atoms with van der Waals surface area (Å²) in [6, 6.07) is 34.9. The van der Waals surface area contributed by atoms with Gasteiger partial charge in [0.2, 0.25) is 0 Å². The van der Waals surface area contributed by atoms with Crippen molar-refractivity contribution < 1.29 is 349 Å². The maximum Gasteiger partial charge on any atom is 1.00 e. The first-order valence-corrected chi connectivity index (χ1v) is 35.3. The second-order valence-electron chi connectivity index (χ2n) is 18.8. The Bertz CT molecular complexity index is 6070. The predicted molar refractivity (Wildman–Crippen MR) is 332 cm³/mol. The van der Waals surface area contributed by atoms with Gasteiger partial charge in [0.25, 0.3) is 0 Å². The monoisotopic (exact) mass is 1670 g/mol. The number of nitrogen functional groups attached to an aromatic ring is 2. The van der Waals surface area contributed by atoms with Gasteiger partial charge in [-0.1, -0.05) is 29.0 Å². The van der Waals surface area contributed by atoms with Gasteiger partial charge in [-0.05, 0) is 94.7 Å². The Morgan fingerprint density at radius 3 is 1.30 bits per heavy atom. The summed E-state index contributed by atoms with van der Waals surface area (Å²) in [7, 11) is -35.4. The Labute approximate surface area is 782 Å². The van der Waals surface area contributed by atoms with Crippen LogP contribution in [0, 0.1) is 18.2 Å². The topological polar surface area (TPSA) is 631 Å². The van der Waals surface area contributed by atoms with Crippen LogP contribution >= 0.6 is 0 Å². The predicted octanol–water partition coefficient (Wildman–Crippen LogP) is -16.4. The summed E-state index contributed by atoms with van der Waals surface area (Å²) in [4.78, 5) is -4.39. The maximum absolute atomic E-state index is 12.7. The number of hydrogen-bond acceptors (Lipinski definition) is 36. The minimum absolute atomic E-state index is 0. The van der Waals surface area contributed by atoms with E-state index in [9.17, 15) is 75.1 Å². The molecule has 10 rings (SSSR count). The zero-order valence-corrected chi connectivity index (χ0v) is 78.1. The van der Waals surface area contributed by atoms with Crippen LogP contribution in [0.4, 0.5) is 56.9 Å². The minimum Gasteiger partial charge on any atom is -0.754 e. The smallest absolute Gasteiger partial charge is 0.754 e. The number of anilines is 2. The van der Waals surface area contributed by atoms with E-state index in [4.69, 9.17) is 49.3 Å². The molecule has 0 aliphatic rings. The van der Waals surface area contributed by atoms with Gasteiger partial charge in [0, 0.05) is 45.0 Å². The van der Waals surface area contributed by atoms with Crippen molar-refractivity contribution >= 4 is 195 Å². The van der Waals surface area contributed by atoms with E-state index in [1.54, 1.807) is 0 Å². The van der Waals surface area contributed by atoms with E-state index in [1.807, 2.05) is 0 Å². The van der Waals surface area contributed by atoms with Gasteiger partial charge < -0.3 is 44.4 Å². The van der Waals surface area contributed by atoms with Crippen molar-refractivity contribution in [1.82, 2.24) is 0 Å². The molecule has 0 unspecified atom stereocenters. The average molecular weight is 1680 g/mol. The van der Waals surface area contributed by atoms with Crippen LogP contribution in [0.2, 0.25) is 0 Å². The normalized spacial score (nSPS) is 11.3. The molecule has 36 nitrogen and oxygen atoms in total. The number of fused-ring (bicyclic) bond motifs is 4. The Hall–Kier alpha value is -3.01. The maximum atomic E-state index is 12.7. The van der Waals surface area contributed by atoms with Gasteiger partial charge in [0.05, 0.1) is 57.8 Å². The second-order valence-corrected chi connectivity index (χ2v) is 26.8. The molecule has 6 N–H and O–H groups in total. The van der Waals surface area contributed by atoms with Crippen LogP contribution in [0.3, 0.4) is 0 Å². The van der Waals surface area contributed by atoms with E-state index in [0.29, 0.717) is 17.0 Å². The van der Waals surface area contributed by atoms with Crippen LogP contribution in [0.1, 0.15) is 11.1 Å². The van der Waals surface area contributed by atoms with E-state index in [0.717, 1.165) is 36.4 Å². The third-order valence-electron chi connectivity index (χ3n) is 12.6. The molecular formula is C54H30N10Na8O26S8. The van der Waals surface area contributed by atoms with Gasteiger partial charge in [-0.15, -0.1) is 95.3 Å². The average Bonchev–Trinajstić information content (AvgIpc) is 0.758. The first kappa shape index (κ1) is 105. The molecule has 0 aliphatic heterocycles. The van der Waals surface area contributed by atoms with Gasteiger partial charge in [0.15, 0.2) is 5.75 Å². The van der Waals surface area contributed by atoms with Crippen LogP contribution in [0.15, 0.2) is 199 Å². The standard InChI is InChI=1S/C54H35N10O17S5.8Na.3O3S/c55-41-17-20-43(61-58-34-15-10-31-22-36(82(67,68)69)26-48(39(31)24-34)85(76,77)78)37-16-19-45(53(65)50(37)41)63-57-32-11-5-28(6-12-32)4-7-30-9-14-35(25-47(30)84(73,74)75)60-64-52-49(86(79,80)81)27-40-44(21-18-42(56)51(40)54(52)66)62-59-33-13-8-29-2-1-3-46(38(29)23-33)83(70,71)72;;;;;;;;;3*1-4(2)3/h2-5,7-18,20-27,65-66H,55-56H2,(H,67,68,69)(H,70,71,72)(H,73,74,75)(H,76,77,78)(H,79,80,81);;;;;;;;;;;/q-3;8*+1;;;/p-5/b7-4+,61-58?,62-59?,63-57?,64-60?;;;;;;;;;;;. The zero-order valence-electron chi connectivity index (χ0n) is 55.5. The molecule has 10 aromatic carbocycles. The van der Waals surface area contributed by atoms with Crippen molar-refractivity contribution in [3.8, 4) is 11.5 Å². The van der Waals surface area contributed by atoms with E-state index in [-0.39, 0.29) is 331 Å². The molecular weight excluding hydrogens is 1650 g/mol. The number of nitrogens with two attached hydrogens (primary N) is 2. The third kappa shape index (κ3) is 29.2. The number of nitrogens with zero attached hydrogens (tertiary/aromatic N) is 8. The number of aromatic hydroxyl groups is 2. The Balaban J connectivity index is 0. The summed E-state index contributed by atoms with van der Waals surface area (Å²) in [5.74, 6) is -1.43. The molecule has 52 heteroatoms. The summed E-state index contributed by atoms with van der Waals surface area (Å²) in [5.41, 5.74) is 11.3. The Morgan fingerprint density at radius 2 is 0.811 bits per heavy atom. The molecule has 0 bridgehead atoms. The van der Waals surface area contributed by atoms with E-state index in [2.05, 4.69) is 59.1 Å². The van der Waals surface area contributed by atoms with Gasteiger partial charge in [0.1, 0.15) is 46.2 Å². The third-order valence-corrected chi connectivity index (χ3v) is 16.9. The molecule has 0 heterocycles. The van der Waals surface area contributed by atoms with Crippen LogP contribution in [-0.4, -0.2) is 113 Å². The summed E-state index contributed by atoms with van der Waals surface area (Å²) in [5, 5.41) is 54.8. The Kier molecular flexibility index (Phi) is 44.6. The Morgan fingerprint density at radius 1 is 0.368 bits per heavy atom. The fraction of sp³-hybridized carbons (Fsp3) is 0. The van der Waals surface area contributed by atoms with Crippen LogP contribution in [0.5, 0.6) is 11.5 Å². The fourth-order valence-corrected chi connectivity index (χ4v) is 12.0. The number of phenolic OH excluding ortho intramolecular Hbond substituents is 2. The van der Waals surface area contributed by atoms with Gasteiger partial charge in [-0.3, -0.25) is 8.42 Å². The van der Waals surface area contributed by atoms with Crippen molar-refractivity contribution in [3.05, 3.63) is 163 Å². The van der Waals surface area contributed by atoms with Crippen molar-refractivity contribution in [3.63, 3.8) is 0 Å². The molecule has 0 fully saturated rings. The van der Waals surface area contributed by atoms with Crippen LogP contribution < -0.4 is 248 Å². The van der Waals surface area contributed by atoms with Crippen LogP contribution in [0.25, 0.3) is 55.2 Å². The molecule has 10 aromatic rings. The van der Waals surface area contributed by atoms with E-state index < -0.39 is 124 Å². The van der Waals surface area contributed by atoms with Crippen molar-refractivity contribution in [2.75, 3.05) is 11.5 Å². The van der Waals surface area contributed by atoms with E-state index in [1.165, 1.54) is 103 Å². The number of hydrogen-bond donors (Lipinski definition) is 4. The molecule has 0 saturated carbocycles. The molecule has 0 saturated heterocycles. The number of phenols is 2. The van der Waals surface area contributed by atoms with Crippen molar-refractivity contribution in [2.24, 2.45) is 40.9 Å². The molecule has 0 spiro atoms. The second kappa shape index (κ2) is 45.0. The van der Waals surface area contributed by atoms with Crippen molar-refractivity contribution in [1.29, 1.82) is 0 Å². The minimum atomic E-state index is -5.50. The van der Waals surface area contributed by atoms with E-state index >= 15 is 0 Å². The zero-order chi connectivity index (χ0) is 72.6. The fourth-order valence-electron chi connectivity index (χ4n) is 8.66. The SMILES string of the molecule is Nc1ccc(N=Nc2ccc3cc(S(=O)(=O)[O-])cc(S(=O)(=O)[O-])c3c2)c2c[c-]c(N=Nc3c[c-]c(/C=C/c4ccc(N=Nc5c(S(=O)(=O)[O-])cc6c(N=Nc7ccc8c[c-]cc(S(=O)(=O)[O-])c8c7)ccc(N)c6c5O)cc4S(=O)(=O)[O-])cc3)c(O)c12.O=S(=O)=O.O=S(=O)=O.O=S(=O)=O.[Na+].[Na+].[Na+].[Na+].[Na+].[Na+].[Na+].[Na+]. The molecule has 0 aromatic heterocycles. The molecule has 0 radical (unpaired) electrons. The molecule has 106 heavy (non-hydrogen) atoms. The molecule has 0 amide bonds. The van der Waals surface area contributed by atoms with Crippen LogP contribution in [-0.2, 0) is 82.4 Å². The molecule has 0 aliphatic carbocycles. The van der Waals surface area contributed by atoms with Gasteiger partial charge in [-0.25, -0.2) is 38.8 Å². The summed E-state index contributed by atoms with van der Waals surface area (Å²) < 4.78 is 258. The summed E-state index contributed by atoms with van der Waals surface area (Å²) >= 11 is 0. The van der Waals surface area contributed by atoms with Crippen molar-refractivity contribution in [2.45, 2.75) is 24.5 Å². The quantitative estimate of drug-likeness (QED) is 0.0185. The first-order valence-electron chi connectivity index (χ1n) is 25.3.